The minimum atomic E-state index is -3.58. The van der Waals surface area contributed by atoms with Crippen LogP contribution < -0.4 is 11.5 Å². The Labute approximate surface area is 126 Å². The van der Waals surface area contributed by atoms with E-state index in [1.807, 2.05) is 20.8 Å². The van der Waals surface area contributed by atoms with E-state index >= 15 is 0 Å². The average Bonchev–Trinajstić information content (AvgIpc) is 2.27. The smallest absolute Gasteiger partial charge is 0.232 e. The van der Waals surface area contributed by atoms with Gasteiger partial charge < -0.3 is 11.5 Å². The van der Waals surface area contributed by atoms with Crippen LogP contribution in [0.5, 0.6) is 0 Å². The first-order valence-electron chi connectivity index (χ1n) is 6.60. The van der Waals surface area contributed by atoms with Gasteiger partial charge in [0.25, 0.3) is 0 Å². The highest BCUT2D eigenvalue weighted by Crippen LogP contribution is 2.20. The summed E-state index contributed by atoms with van der Waals surface area (Å²) in [7, 11) is -3.58. The molecule has 1 aromatic rings. The predicted molar refractivity (Wildman–Crippen MR) is 83.7 cm³/mol. The lowest BCUT2D eigenvalue weighted by Crippen LogP contribution is -2.41. The molecule has 0 aromatic heterocycles. The van der Waals surface area contributed by atoms with Gasteiger partial charge in [-0.1, -0.05) is 32.9 Å². The number of rotatable bonds is 6. The molecule has 1 aromatic carbocycles. The largest absolute Gasteiger partial charge is 0.399 e. The highest BCUT2D eigenvalue weighted by atomic mass is 32.2. The molecule has 6 nitrogen and oxygen atoms in total. The van der Waals surface area contributed by atoms with Crippen LogP contribution in [-0.2, 0) is 21.4 Å². The molecule has 7 heteroatoms. The van der Waals surface area contributed by atoms with Gasteiger partial charge in [-0.05, 0) is 23.1 Å². The molecule has 118 valence electrons. The third-order valence-electron chi connectivity index (χ3n) is 2.68. The molecule has 0 unspecified atom stereocenters. The van der Waals surface area contributed by atoms with Gasteiger partial charge in [-0.2, -0.15) is 4.31 Å². The van der Waals surface area contributed by atoms with E-state index in [9.17, 15) is 13.2 Å². The zero-order valence-electron chi connectivity index (χ0n) is 12.7. The van der Waals surface area contributed by atoms with Crippen LogP contribution in [0, 0.1) is 5.41 Å². The quantitative estimate of drug-likeness (QED) is 0.762. The van der Waals surface area contributed by atoms with Crippen molar-refractivity contribution in [2.24, 2.45) is 11.1 Å². The third kappa shape index (κ3) is 6.14. The van der Waals surface area contributed by atoms with Crippen LogP contribution in [-0.4, -0.2) is 30.9 Å². The zero-order chi connectivity index (χ0) is 16.3. The van der Waals surface area contributed by atoms with Gasteiger partial charge >= 0.3 is 0 Å². The Bertz CT molecular complexity index is 589. The Morgan fingerprint density at radius 3 is 2.14 bits per heavy atom. The highest BCUT2D eigenvalue weighted by molar-refractivity contribution is 7.89. The average molecular weight is 313 g/mol. The molecule has 0 bridgehead atoms. The Balaban J connectivity index is 3.00. The van der Waals surface area contributed by atoms with E-state index in [2.05, 4.69) is 0 Å². The molecule has 0 atom stereocenters. The molecule has 0 spiro atoms. The van der Waals surface area contributed by atoms with E-state index in [0.29, 0.717) is 5.69 Å². The van der Waals surface area contributed by atoms with E-state index in [1.54, 1.807) is 24.3 Å². The van der Waals surface area contributed by atoms with Crippen LogP contribution in [0.3, 0.4) is 0 Å². The summed E-state index contributed by atoms with van der Waals surface area (Å²) in [5, 5.41) is 0. The molecule has 0 fully saturated rings. The Kier molecular flexibility index (Phi) is 5.36. The Morgan fingerprint density at radius 1 is 1.19 bits per heavy atom. The number of hydrogen-bond acceptors (Lipinski definition) is 4. The third-order valence-corrected chi connectivity index (χ3v) is 4.96. The predicted octanol–water partition coefficient (Wildman–Crippen LogP) is 0.932. The summed E-state index contributed by atoms with van der Waals surface area (Å²) in [4.78, 5) is 11.2. The maximum atomic E-state index is 12.4. The Hall–Kier alpha value is -1.60. The van der Waals surface area contributed by atoms with Crippen LogP contribution >= 0.6 is 0 Å². The molecule has 0 heterocycles. The van der Waals surface area contributed by atoms with Gasteiger partial charge in [-0.15, -0.1) is 0 Å². The van der Waals surface area contributed by atoms with E-state index in [4.69, 9.17) is 11.5 Å². The van der Waals surface area contributed by atoms with Gasteiger partial charge in [0.2, 0.25) is 15.9 Å². The van der Waals surface area contributed by atoms with Crippen LogP contribution in [0.2, 0.25) is 0 Å². The van der Waals surface area contributed by atoms with E-state index in [0.717, 1.165) is 9.87 Å². The minimum absolute atomic E-state index is 0.0533. The molecule has 0 saturated carbocycles. The molecule has 4 N–H and O–H groups in total. The molecule has 1 rings (SSSR count). The molecular formula is C14H23N3O3S. The number of nitrogen functional groups attached to an aromatic ring is 1. The summed E-state index contributed by atoms with van der Waals surface area (Å²) in [5.74, 6) is -0.731. The summed E-state index contributed by atoms with van der Waals surface area (Å²) >= 11 is 0. The fraction of sp³-hybridized carbons (Fsp3) is 0.500. The van der Waals surface area contributed by atoms with Crippen molar-refractivity contribution in [3.8, 4) is 0 Å². The lowest BCUT2D eigenvalue weighted by Gasteiger charge is -2.26. The standard InChI is InChI=1S/C14H23N3O3S/c1-14(2,3)10-21(19,20)17(9-13(16)18)8-11-4-6-12(15)7-5-11/h4-7H,8-10,15H2,1-3H3,(H2,16,18). The summed E-state index contributed by atoms with van der Waals surface area (Å²) in [6.07, 6.45) is 0. The Morgan fingerprint density at radius 2 is 1.71 bits per heavy atom. The second-order valence-corrected chi connectivity index (χ2v) is 8.26. The molecule has 0 saturated heterocycles. The maximum Gasteiger partial charge on any atom is 0.232 e. The second kappa shape index (κ2) is 6.44. The number of anilines is 1. The topological polar surface area (TPSA) is 106 Å². The molecule has 0 radical (unpaired) electrons. The first kappa shape index (κ1) is 17.5. The minimum Gasteiger partial charge on any atom is -0.399 e. The number of sulfonamides is 1. The van der Waals surface area contributed by atoms with E-state index < -0.39 is 21.3 Å². The molecule has 1 amide bonds. The maximum absolute atomic E-state index is 12.4. The normalized spacial score (nSPS) is 12.6. The first-order chi connectivity index (χ1) is 9.49. The van der Waals surface area contributed by atoms with Crippen LogP contribution in [0.1, 0.15) is 26.3 Å². The number of nitrogens with two attached hydrogens (primary N) is 2. The fourth-order valence-corrected chi connectivity index (χ4v) is 3.84. The first-order valence-corrected chi connectivity index (χ1v) is 8.21. The van der Waals surface area contributed by atoms with Crippen molar-refractivity contribution in [2.75, 3.05) is 18.0 Å². The molecule has 0 aliphatic rings. The molecule has 21 heavy (non-hydrogen) atoms. The van der Waals surface area contributed by atoms with Crippen LogP contribution in [0.4, 0.5) is 5.69 Å². The van der Waals surface area contributed by atoms with Crippen molar-refractivity contribution in [3.05, 3.63) is 29.8 Å². The molecule has 0 aliphatic carbocycles. The van der Waals surface area contributed by atoms with Gasteiger partial charge in [0, 0.05) is 12.2 Å². The van der Waals surface area contributed by atoms with E-state index in [1.165, 1.54) is 0 Å². The molecular weight excluding hydrogens is 290 g/mol. The van der Waals surface area contributed by atoms with Crippen molar-refractivity contribution in [2.45, 2.75) is 27.3 Å². The number of carbonyl (C=O) groups is 1. The van der Waals surface area contributed by atoms with E-state index in [-0.39, 0.29) is 18.8 Å². The van der Waals surface area contributed by atoms with Crippen molar-refractivity contribution < 1.29 is 13.2 Å². The lowest BCUT2D eigenvalue weighted by molar-refractivity contribution is -0.118. The summed E-state index contributed by atoms with van der Waals surface area (Å²) in [6, 6.07) is 6.84. The summed E-state index contributed by atoms with van der Waals surface area (Å²) < 4.78 is 26.0. The van der Waals surface area contributed by atoms with Crippen LogP contribution in [0.15, 0.2) is 24.3 Å². The van der Waals surface area contributed by atoms with Crippen molar-refractivity contribution in [3.63, 3.8) is 0 Å². The second-order valence-electron chi connectivity index (χ2n) is 6.29. The van der Waals surface area contributed by atoms with Crippen molar-refractivity contribution >= 4 is 21.6 Å². The molecule has 0 aliphatic heterocycles. The number of carbonyl (C=O) groups excluding carboxylic acids is 1. The van der Waals surface area contributed by atoms with Gasteiger partial charge in [-0.25, -0.2) is 8.42 Å². The number of primary amides is 1. The van der Waals surface area contributed by atoms with Gasteiger partial charge in [-0.3, -0.25) is 4.79 Å². The van der Waals surface area contributed by atoms with Crippen molar-refractivity contribution in [1.29, 1.82) is 0 Å². The highest BCUT2D eigenvalue weighted by Gasteiger charge is 2.29. The number of benzene rings is 1. The zero-order valence-corrected chi connectivity index (χ0v) is 13.5. The van der Waals surface area contributed by atoms with Gasteiger partial charge in [0.05, 0.1) is 12.3 Å². The SMILES string of the molecule is CC(C)(C)CS(=O)(=O)N(CC(N)=O)Cc1ccc(N)cc1. The summed E-state index contributed by atoms with van der Waals surface area (Å²) in [5.41, 5.74) is 11.7. The van der Waals surface area contributed by atoms with Crippen molar-refractivity contribution in [1.82, 2.24) is 4.31 Å². The summed E-state index contributed by atoms with van der Waals surface area (Å²) in [6.45, 7) is 5.26. The van der Waals surface area contributed by atoms with Crippen LogP contribution in [0.25, 0.3) is 0 Å². The fourth-order valence-electron chi connectivity index (χ4n) is 1.89. The monoisotopic (exact) mass is 313 g/mol. The lowest BCUT2D eigenvalue weighted by atomic mass is 10.0. The number of hydrogen-bond donors (Lipinski definition) is 2. The number of nitrogens with zero attached hydrogens (tertiary/aromatic N) is 1. The van der Waals surface area contributed by atoms with Gasteiger partial charge in [0.15, 0.2) is 0 Å². The van der Waals surface area contributed by atoms with Gasteiger partial charge in [0.1, 0.15) is 0 Å². The number of amides is 1.